The molecule has 1 unspecified atom stereocenters. The SMILES string of the molecule is CC(Sc1nc2ccccc2c(=O)n1CCCO)C(N)=O. The Morgan fingerprint density at radius 3 is 2.86 bits per heavy atom. The predicted molar refractivity (Wildman–Crippen MR) is 82.2 cm³/mol. The fraction of sp³-hybridized carbons (Fsp3) is 0.357. The zero-order valence-electron chi connectivity index (χ0n) is 11.7. The van der Waals surface area contributed by atoms with Crippen molar-refractivity contribution >= 4 is 28.6 Å². The van der Waals surface area contributed by atoms with Crippen LogP contribution >= 0.6 is 11.8 Å². The number of benzene rings is 1. The summed E-state index contributed by atoms with van der Waals surface area (Å²) in [7, 11) is 0. The van der Waals surface area contributed by atoms with Crippen LogP contribution in [0.25, 0.3) is 10.9 Å². The number of thioether (sulfide) groups is 1. The molecule has 1 aromatic carbocycles. The van der Waals surface area contributed by atoms with Crippen molar-refractivity contribution in [2.24, 2.45) is 5.73 Å². The molecule has 1 heterocycles. The van der Waals surface area contributed by atoms with E-state index in [2.05, 4.69) is 4.98 Å². The summed E-state index contributed by atoms with van der Waals surface area (Å²) in [6.07, 6.45) is 0.443. The van der Waals surface area contributed by atoms with Gasteiger partial charge >= 0.3 is 0 Å². The first-order chi connectivity index (χ1) is 10.0. The van der Waals surface area contributed by atoms with E-state index in [1.54, 1.807) is 31.2 Å². The lowest BCUT2D eigenvalue weighted by atomic mass is 10.2. The molecule has 1 aromatic heterocycles. The van der Waals surface area contributed by atoms with Gasteiger partial charge in [0.25, 0.3) is 5.56 Å². The molecule has 21 heavy (non-hydrogen) atoms. The third-order valence-electron chi connectivity index (χ3n) is 3.05. The molecule has 2 aromatic rings. The molecule has 0 radical (unpaired) electrons. The molecule has 0 aliphatic carbocycles. The standard InChI is InChI=1S/C14H17N3O3S/c1-9(12(15)19)21-14-16-11-6-3-2-5-10(11)13(20)17(14)7-4-8-18/h2-3,5-6,9,18H,4,7-8H2,1H3,(H2,15,19). The van der Waals surface area contributed by atoms with Crippen molar-refractivity contribution in [3.8, 4) is 0 Å². The molecule has 1 amide bonds. The second-order valence-corrected chi connectivity index (χ2v) is 5.92. The van der Waals surface area contributed by atoms with E-state index in [0.717, 1.165) is 11.8 Å². The number of carbonyl (C=O) groups is 1. The highest BCUT2D eigenvalue weighted by Crippen LogP contribution is 2.22. The molecule has 0 aliphatic heterocycles. The Balaban J connectivity index is 2.54. The lowest BCUT2D eigenvalue weighted by Crippen LogP contribution is -2.27. The molecule has 1 atom stereocenters. The zero-order chi connectivity index (χ0) is 15.4. The van der Waals surface area contributed by atoms with Crippen LogP contribution in [0.15, 0.2) is 34.2 Å². The molecule has 0 saturated carbocycles. The topological polar surface area (TPSA) is 98.2 Å². The van der Waals surface area contributed by atoms with Crippen LogP contribution in [-0.2, 0) is 11.3 Å². The van der Waals surface area contributed by atoms with E-state index >= 15 is 0 Å². The van der Waals surface area contributed by atoms with E-state index in [1.165, 1.54) is 4.57 Å². The second kappa shape index (κ2) is 6.73. The van der Waals surface area contributed by atoms with Gasteiger partial charge in [0.15, 0.2) is 5.16 Å². The fourth-order valence-corrected chi connectivity index (χ4v) is 2.76. The highest BCUT2D eigenvalue weighted by Gasteiger charge is 2.17. The minimum absolute atomic E-state index is 0.0191. The maximum atomic E-state index is 12.5. The van der Waals surface area contributed by atoms with Gasteiger partial charge in [0.1, 0.15) is 0 Å². The van der Waals surface area contributed by atoms with Crippen LogP contribution in [0.1, 0.15) is 13.3 Å². The molecule has 3 N–H and O–H groups in total. The minimum Gasteiger partial charge on any atom is -0.396 e. The lowest BCUT2D eigenvalue weighted by Gasteiger charge is -2.14. The van der Waals surface area contributed by atoms with Crippen LogP contribution in [0.2, 0.25) is 0 Å². The first kappa shape index (κ1) is 15.5. The van der Waals surface area contributed by atoms with E-state index in [-0.39, 0.29) is 12.2 Å². The number of nitrogens with zero attached hydrogens (tertiary/aromatic N) is 2. The van der Waals surface area contributed by atoms with Gasteiger partial charge in [0, 0.05) is 13.2 Å². The zero-order valence-corrected chi connectivity index (χ0v) is 12.5. The molecule has 0 saturated heterocycles. The molecule has 6 nitrogen and oxygen atoms in total. The number of para-hydroxylation sites is 1. The third kappa shape index (κ3) is 3.43. The maximum Gasteiger partial charge on any atom is 0.262 e. The second-order valence-electron chi connectivity index (χ2n) is 4.61. The Bertz CT molecular complexity index is 714. The van der Waals surface area contributed by atoms with Crippen molar-refractivity contribution in [3.63, 3.8) is 0 Å². The molecule has 0 fully saturated rings. The van der Waals surface area contributed by atoms with Gasteiger partial charge in [-0.15, -0.1) is 0 Å². The van der Waals surface area contributed by atoms with E-state index in [4.69, 9.17) is 10.8 Å². The van der Waals surface area contributed by atoms with Crippen LogP contribution < -0.4 is 11.3 Å². The Hall–Kier alpha value is -1.86. The fourth-order valence-electron chi connectivity index (χ4n) is 1.88. The number of aliphatic hydroxyl groups is 1. The van der Waals surface area contributed by atoms with E-state index < -0.39 is 11.2 Å². The van der Waals surface area contributed by atoms with Gasteiger partial charge in [0.2, 0.25) is 5.91 Å². The quantitative estimate of drug-likeness (QED) is 0.606. The number of nitrogens with two attached hydrogens (primary N) is 1. The summed E-state index contributed by atoms with van der Waals surface area (Å²) < 4.78 is 1.49. The van der Waals surface area contributed by atoms with Gasteiger partial charge in [-0.3, -0.25) is 14.2 Å². The van der Waals surface area contributed by atoms with Crippen molar-refractivity contribution in [1.29, 1.82) is 0 Å². The van der Waals surface area contributed by atoms with Crippen LogP contribution in [0.3, 0.4) is 0 Å². The number of aliphatic hydroxyl groups excluding tert-OH is 1. The molecular formula is C14H17N3O3S. The summed E-state index contributed by atoms with van der Waals surface area (Å²) in [6.45, 7) is 2.00. The monoisotopic (exact) mass is 307 g/mol. The van der Waals surface area contributed by atoms with Gasteiger partial charge in [-0.2, -0.15) is 0 Å². The predicted octanol–water partition coefficient (Wildman–Crippen LogP) is 0.745. The Morgan fingerprint density at radius 1 is 1.48 bits per heavy atom. The highest BCUT2D eigenvalue weighted by molar-refractivity contribution is 8.00. The average molecular weight is 307 g/mol. The molecule has 2 rings (SSSR count). The average Bonchev–Trinajstić information content (AvgIpc) is 2.47. The maximum absolute atomic E-state index is 12.5. The van der Waals surface area contributed by atoms with Gasteiger partial charge in [-0.05, 0) is 25.5 Å². The van der Waals surface area contributed by atoms with Crippen molar-refractivity contribution in [3.05, 3.63) is 34.6 Å². The van der Waals surface area contributed by atoms with E-state index in [0.29, 0.717) is 29.0 Å². The number of carbonyl (C=O) groups excluding carboxylic acids is 1. The van der Waals surface area contributed by atoms with Gasteiger partial charge in [-0.25, -0.2) is 4.98 Å². The molecule has 0 aliphatic rings. The third-order valence-corrected chi connectivity index (χ3v) is 4.16. The largest absolute Gasteiger partial charge is 0.396 e. The van der Waals surface area contributed by atoms with Crippen molar-refractivity contribution < 1.29 is 9.90 Å². The number of hydrogen-bond acceptors (Lipinski definition) is 5. The van der Waals surface area contributed by atoms with E-state index in [1.807, 2.05) is 0 Å². The highest BCUT2D eigenvalue weighted by atomic mass is 32.2. The van der Waals surface area contributed by atoms with Gasteiger partial charge < -0.3 is 10.8 Å². The summed E-state index contributed by atoms with van der Waals surface area (Å²) in [6, 6.07) is 7.05. The van der Waals surface area contributed by atoms with Crippen LogP contribution in [0, 0.1) is 0 Å². The number of rotatable bonds is 6. The normalized spacial score (nSPS) is 12.5. The Morgan fingerprint density at radius 2 is 2.19 bits per heavy atom. The summed E-state index contributed by atoms with van der Waals surface area (Å²) in [5.74, 6) is -0.462. The first-order valence-corrected chi connectivity index (χ1v) is 7.49. The van der Waals surface area contributed by atoms with Crippen molar-refractivity contribution in [2.45, 2.75) is 30.3 Å². The molecule has 112 valence electrons. The Kier molecular flexibility index (Phi) is 4.98. The lowest BCUT2D eigenvalue weighted by molar-refractivity contribution is -0.117. The number of hydrogen-bond donors (Lipinski definition) is 2. The molecule has 7 heteroatoms. The van der Waals surface area contributed by atoms with E-state index in [9.17, 15) is 9.59 Å². The molecule has 0 spiro atoms. The number of primary amides is 1. The summed E-state index contributed by atoms with van der Waals surface area (Å²) in [4.78, 5) is 28.2. The van der Waals surface area contributed by atoms with Crippen molar-refractivity contribution in [2.75, 3.05) is 6.61 Å². The van der Waals surface area contributed by atoms with Gasteiger partial charge in [-0.1, -0.05) is 23.9 Å². The summed E-state index contributed by atoms with van der Waals surface area (Å²) >= 11 is 1.15. The molecular weight excluding hydrogens is 290 g/mol. The minimum atomic E-state index is -0.488. The first-order valence-electron chi connectivity index (χ1n) is 6.61. The number of amides is 1. The summed E-state index contributed by atoms with van der Waals surface area (Å²) in [5.41, 5.74) is 5.68. The van der Waals surface area contributed by atoms with Crippen LogP contribution in [-0.4, -0.2) is 32.4 Å². The smallest absolute Gasteiger partial charge is 0.262 e. The summed E-state index contributed by atoms with van der Waals surface area (Å²) in [5, 5.41) is 9.45. The van der Waals surface area contributed by atoms with Crippen LogP contribution in [0.5, 0.6) is 0 Å². The number of aromatic nitrogens is 2. The van der Waals surface area contributed by atoms with Crippen LogP contribution in [0.4, 0.5) is 0 Å². The number of fused-ring (bicyclic) bond motifs is 1. The Labute approximate surface area is 126 Å². The van der Waals surface area contributed by atoms with Gasteiger partial charge in [0.05, 0.1) is 16.2 Å². The van der Waals surface area contributed by atoms with Crippen molar-refractivity contribution in [1.82, 2.24) is 9.55 Å². The molecule has 0 bridgehead atoms.